The molecule has 1 aliphatic carbocycles. The number of carboxylic acid groups (broad SMARTS) is 1. The van der Waals surface area contributed by atoms with Gasteiger partial charge in [-0.25, -0.2) is 14.4 Å². The van der Waals surface area contributed by atoms with Crippen molar-refractivity contribution in [3.05, 3.63) is 112 Å². The highest BCUT2D eigenvalue weighted by atomic mass is 35.5. The Morgan fingerprint density at radius 2 is 1.49 bits per heavy atom. The number of allylic oxidation sites excluding steroid dienone is 1. The lowest BCUT2D eigenvalue weighted by molar-refractivity contribution is -0.143. The summed E-state index contributed by atoms with van der Waals surface area (Å²) in [4.78, 5) is 158. The topological polar surface area (TPSA) is 406 Å². The first-order chi connectivity index (χ1) is 49.5. The van der Waals surface area contributed by atoms with Crippen LogP contribution < -0.4 is 57.7 Å². The number of rotatable bonds is 41. The van der Waals surface area contributed by atoms with E-state index in [1.807, 2.05) is 13.8 Å². The second kappa shape index (κ2) is 39.3. The highest BCUT2D eigenvalue weighted by Crippen LogP contribution is 2.46. The average Bonchev–Trinajstić information content (AvgIpc) is 1.60. The minimum atomic E-state index is -1.14. The second-order valence-electron chi connectivity index (χ2n) is 27.4. The van der Waals surface area contributed by atoms with Gasteiger partial charge in [0.05, 0.1) is 36.9 Å². The number of nitrogens with two attached hydrogens (primary N) is 1. The summed E-state index contributed by atoms with van der Waals surface area (Å²) in [6.07, 6.45) is 6.95. The Hall–Kier alpha value is -9.65. The molecule has 566 valence electrons. The van der Waals surface area contributed by atoms with Crippen LogP contribution in [0.15, 0.2) is 85.0 Å². The van der Waals surface area contributed by atoms with Crippen molar-refractivity contribution in [1.82, 2.24) is 51.9 Å². The summed E-state index contributed by atoms with van der Waals surface area (Å²) < 4.78 is 29.1. The third-order valence-electron chi connectivity index (χ3n) is 18.3. The molecule has 0 spiro atoms. The number of nitrogens with zero attached hydrogens (tertiary/aromatic N) is 3. The molecule has 1 unspecified atom stereocenters. The molecule has 3 aliphatic heterocycles. The molecule has 12 amide bonds. The number of urea groups is 1. The molecule has 2 saturated heterocycles. The van der Waals surface area contributed by atoms with Gasteiger partial charge in [-0.1, -0.05) is 82.6 Å². The quantitative estimate of drug-likeness (QED) is 0.0164. The number of amides is 12. The molecule has 0 radical (unpaired) electrons. The number of nitrogens with one attached hydrogen (secondary N) is 8. The number of carbonyl (C=O) groups is 12. The van der Waals surface area contributed by atoms with Crippen LogP contribution in [0.25, 0.3) is 0 Å². The summed E-state index contributed by atoms with van der Waals surface area (Å²) in [6.45, 7) is 15.0. The minimum absolute atomic E-state index is 0.0135. The van der Waals surface area contributed by atoms with Crippen molar-refractivity contribution >= 4 is 88.5 Å². The molecule has 11 N–H and O–H groups in total. The summed E-state index contributed by atoms with van der Waals surface area (Å²) in [5.41, 5.74) is 7.70. The van der Waals surface area contributed by atoms with Crippen molar-refractivity contribution in [2.75, 3.05) is 78.1 Å². The average molecular weight is 1470 g/mol. The van der Waals surface area contributed by atoms with Crippen LogP contribution in [-0.2, 0) is 81.7 Å². The zero-order chi connectivity index (χ0) is 75.8. The third kappa shape index (κ3) is 25.4. The summed E-state index contributed by atoms with van der Waals surface area (Å²) >= 11 is 6.42. The molecule has 0 bridgehead atoms. The number of primary amides is 1. The Morgan fingerprint density at radius 1 is 0.779 bits per heavy atom. The summed E-state index contributed by atoms with van der Waals surface area (Å²) in [6, 6.07) is 12.5. The van der Waals surface area contributed by atoms with Crippen molar-refractivity contribution < 1.29 is 86.3 Å². The van der Waals surface area contributed by atoms with Gasteiger partial charge in [0.15, 0.2) is 0 Å². The fourth-order valence-electron chi connectivity index (χ4n) is 12.0. The molecule has 1 saturated carbocycles. The maximum Gasteiger partial charge on any atom is 0.410 e. The van der Waals surface area contributed by atoms with Crippen molar-refractivity contribution in [3.8, 4) is 11.5 Å². The normalized spacial score (nSPS) is 19.1. The van der Waals surface area contributed by atoms with Gasteiger partial charge >= 0.3 is 18.1 Å². The van der Waals surface area contributed by atoms with Gasteiger partial charge in [0, 0.05) is 108 Å². The Morgan fingerprint density at radius 3 is 2.14 bits per heavy atom. The molecular formula is C73H99ClN12O18. The lowest BCUT2D eigenvalue weighted by Gasteiger charge is -2.34. The van der Waals surface area contributed by atoms with Crippen LogP contribution in [0.5, 0.6) is 11.5 Å². The van der Waals surface area contributed by atoms with Crippen molar-refractivity contribution in [3.63, 3.8) is 0 Å². The van der Waals surface area contributed by atoms with E-state index >= 15 is 0 Å². The fourth-order valence-corrected chi connectivity index (χ4v) is 12.3. The highest BCUT2D eigenvalue weighted by molar-refractivity contribution is 6.32. The number of anilines is 1. The summed E-state index contributed by atoms with van der Waals surface area (Å²) in [5.74, 6) is -5.05. The van der Waals surface area contributed by atoms with E-state index in [1.54, 1.807) is 62.1 Å². The number of imide groups is 1. The van der Waals surface area contributed by atoms with E-state index in [-0.39, 0.29) is 125 Å². The maximum atomic E-state index is 13.9. The van der Waals surface area contributed by atoms with Gasteiger partial charge in [-0.15, -0.1) is 0 Å². The second-order valence-corrected chi connectivity index (χ2v) is 27.8. The number of methoxy groups -OCH3 is 1. The maximum absolute atomic E-state index is 13.9. The first kappa shape index (κ1) is 81.6. The summed E-state index contributed by atoms with van der Waals surface area (Å²) in [5, 5.41) is 31.7. The molecule has 104 heavy (non-hydrogen) atoms. The van der Waals surface area contributed by atoms with E-state index in [0.29, 0.717) is 67.5 Å². The highest BCUT2D eigenvalue weighted by Gasteiger charge is 2.58. The van der Waals surface area contributed by atoms with Crippen molar-refractivity contribution in [2.24, 2.45) is 28.9 Å². The van der Waals surface area contributed by atoms with Gasteiger partial charge in [-0.3, -0.25) is 53.0 Å². The number of aliphatic carboxylic acids is 1. The van der Waals surface area contributed by atoms with E-state index in [2.05, 4.69) is 78.6 Å². The molecule has 3 aromatic rings. The molecule has 3 fully saturated rings. The lowest BCUT2D eigenvalue weighted by atomic mass is 9.96. The standard InChI is InChI=1S/C73H99ClN12O18/c1-43(2)36-55(69(95)96)82-70(97)73(7)40-58(73)83-67(93)54(38-48-17-22-56(100-8)52(74)37-48)80-60(89)14-10-9-12-45(5)64-65(104-64)49-18-15-47(16-19-49)41-84-29-31-85(32-30-84)72(99)103-42-50-20-21-51(39-57(50)102-35-34-101-33-27-76-59(88)25-28-86-61(90)23-24-62(86)91)79-66(92)53(13-11-26-77-71(75)98)81-68(94)63(44(3)4)78-46(6)87/h10,14-24,37,39,43-45,53-55,58,63-65H,9,11-13,25-36,38,40-42H2,1-8H3,(H,76,88)(H,78,87)(H,79,92)(H,80,89)(H,81,94)(H,82,97)(H,83,93)(H,95,96)(H3,75,77,98)/b14-10+/t45-,53-,54+,55-,58?,63-,64+,65+,73+/m0/s1. The predicted octanol–water partition coefficient (Wildman–Crippen LogP) is 4.31. The van der Waals surface area contributed by atoms with Gasteiger partial charge in [0.2, 0.25) is 41.4 Å². The Balaban J connectivity index is 0.869. The van der Waals surface area contributed by atoms with E-state index in [9.17, 15) is 62.6 Å². The Bertz CT molecular complexity index is 3600. The number of hydrogen-bond acceptors (Lipinski definition) is 18. The van der Waals surface area contributed by atoms with E-state index < -0.39 is 101 Å². The first-order valence-corrected chi connectivity index (χ1v) is 35.5. The van der Waals surface area contributed by atoms with E-state index in [4.69, 9.17) is 41.0 Å². The Labute approximate surface area is 610 Å². The van der Waals surface area contributed by atoms with Crippen LogP contribution in [0.3, 0.4) is 0 Å². The van der Waals surface area contributed by atoms with E-state index in [1.165, 1.54) is 26.2 Å². The van der Waals surface area contributed by atoms with Gasteiger partial charge in [0.25, 0.3) is 11.8 Å². The first-order valence-electron chi connectivity index (χ1n) is 35.1. The van der Waals surface area contributed by atoms with Gasteiger partial charge in [-0.2, -0.15) is 0 Å². The van der Waals surface area contributed by atoms with Crippen LogP contribution in [0, 0.1) is 23.2 Å². The molecule has 7 rings (SSSR count). The molecule has 3 heterocycles. The summed E-state index contributed by atoms with van der Waals surface area (Å²) in [7, 11) is 1.49. The van der Waals surface area contributed by atoms with Crippen molar-refractivity contribution in [2.45, 2.75) is 155 Å². The number of epoxide rings is 1. The zero-order valence-electron chi connectivity index (χ0n) is 60.2. The number of piperazine rings is 1. The minimum Gasteiger partial charge on any atom is -0.495 e. The number of hydrogen-bond donors (Lipinski definition) is 10. The third-order valence-corrected chi connectivity index (χ3v) is 18.6. The number of benzene rings is 3. The molecule has 3 aromatic carbocycles. The van der Waals surface area contributed by atoms with Crippen LogP contribution >= 0.6 is 11.6 Å². The predicted molar refractivity (Wildman–Crippen MR) is 382 cm³/mol. The number of ether oxygens (including phenoxy) is 5. The molecule has 4 aliphatic rings. The van der Waals surface area contributed by atoms with Crippen LogP contribution in [0.4, 0.5) is 15.3 Å². The van der Waals surface area contributed by atoms with Crippen LogP contribution in [-0.4, -0.2) is 200 Å². The smallest absolute Gasteiger partial charge is 0.410 e. The van der Waals surface area contributed by atoms with Gasteiger partial charge in [-0.05, 0) is 110 Å². The fraction of sp³-hybridized carbons (Fsp3) is 0.534. The van der Waals surface area contributed by atoms with Crippen molar-refractivity contribution in [1.29, 1.82) is 0 Å². The molecule has 9 atom stereocenters. The largest absolute Gasteiger partial charge is 0.495 e. The van der Waals surface area contributed by atoms with Gasteiger partial charge < -0.3 is 82.0 Å². The van der Waals surface area contributed by atoms with E-state index in [0.717, 1.165) is 34.6 Å². The van der Waals surface area contributed by atoms with Crippen LogP contribution in [0.2, 0.25) is 5.02 Å². The molecule has 31 heteroatoms. The molecule has 0 aromatic heterocycles. The van der Waals surface area contributed by atoms with Crippen LogP contribution in [0.1, 0.15) is 122 Å². The number of carbonyl (C=O) groups excluding carboxylic acids is 11. The zero-order valence-corrected chi connectivity index (χ0v) is 60.9. The number of carboxylic acids is 1. The van der Waals surface area contributed by atoms with Gasteiger partial charge in [0.1, 0.15) is 55.0 Å². The molecular weight excluding hydrogens is 1370 g/mol. The Kier molecular flexibility index (Phi) is 30.8. The SMILES string of the molecule is COc1ccc(C[C@@H](NC(=O)/C=C/CC[C@H](C)[C@H]2O[C@@H]2c2ccc(CN3CCN(C(=O)OCc4ccc(NC(=O)[C@H](CCCNC(N)=O)NC(=O)[C@@H](NC(C)=O)C(C)C)cc4OCCOCCNC(=O)CCN4C(=O)C=CC4=O)CC3)cc2)C(=O)NC2C[C@@]2(C)C(=O)N[C@@H](CC(C)C)C(=O)O)cc1Cl. The molecule has 30 nitrogen and oxygen atoms in total. The number of halogens is 1. The lowest BCUT2D eigenvalue weighted by Crippen LogP contribution is -2.54. The monoisotopic (exact) mass is 1470 g/mol.